The zero-order chi connectivity index (χ0) is 23.6. The maximum Gasteiger partial charge on any atom is 0.253 e. The Balaban J connectivity index is 1.94. The van der Waals surface area contributed by atoms with E-state index >= 15 is 0 Å². The van der Waals surface area contributed by atoms with Crippen LogP contribution in [0.3, 0.4) is 0 Å². The van der Waals surface area contributed by atoms with Crippen molar-refractivity contribution in [3.05, 3.63) is 70.8 Å². The number of amides is 1. The van der Waals surface area contributed by atoms with Crippen LogP contribution in [-0.2, 0) is 24.3 Å². The summed E-state index contributed by atoms with van der Waals surface area (Å²) in [6, 6.07) is 16.1. The molecule has 6 nitrogen and oxygen atoms in total. The zero-order valence-corrected chi connectivity index (χ0v) is 20.4. The molecule has 0 aliphatic carbocycles. The smallest absolute Gasteiger partial charge is 0.253 e. The molecular weight excluding hydrogens is 400 g/mol. The molecule has 0 saturated heterocycles. The molecule has 32 heavy (non-hydrogen) atoms. The third-order valence-corrected chi connectivity index (χ3v) is 4.71. The van der Waals surface area contributed by atoms with E-state index in [0.717, 1.165) is 42.2 Å². The molecular formula is C26H38N4O2. The lowest BCUT2D eigenvalue weighted by atomic mass is 10.1. The quantitative estimate of drug-likeness (QED) is 0.459. The predicted molar refractivity (Wildman–Crippen MR) is 132 cm³/mol. The van der Waals surface area contributed by atoms with E-state index in [9.17, 15) is 4.79 Å². The summed E-state index contributed by atoms with van der Waals surface area (Å²) in [7, 11) is 3.53. The molecule has 0 aromatic heterocycles. The lowest BCUT2D eigenvalue weighted by Crippen LogP contribution is -2.38. The average Bonchev–Trinajstić information content (AvgIpc) is 2.75. The van der Waals surface area contributed by atoms with Crippen LogP contribution >= 0.6 is 0 Å². The Morgan fingerprint density at radius 3 is 2.38 bits per heavy atom. The minimum atomic E-state index is -0.157. The van der Waals surface area contributed by atoms with Crippen molar-refractivity contribution in [2.45, 2.75) is 52.9 Å². The minimum absolute atomic E-state index is 0.0184. The normalized spacial score (nSPS) is 11.9. The van der Waals surface area contributed by atoms with Crippen LogP contribution in [-0.4, -0.2) is 49.6 Å². The first-order chi connectivity index (χ1) is 15.2. The van der Waals surface area contributed by atoms with Gasteiger partial charge in [-0.05, 0) is 62.9 Å². The van der Waals surface area contributed by atoms with Gasteiger partial charge in [0.1, 0.15) is 0 Å². The Morgan fingerprint density at radius 1 is 1.00 bits per heavy atom. The van der Waals surface area contributed by atoms with Crippen LogP contribution in [0.5, 0.6) is 0 Å². The van der Waals surface area contributed by atoms with E-state index in [2.05, 4.69) is 62.6 Å². The van der Waals surface area contributed by atoms with Crippen molar-refractivity contribution in [3.8, 4) is 0 Å². The zero-order valence-electron chi connectivity index (χ0n) is 20.4. The lowest BCUT2D eigenvalue weighted by molar-refractivity contribution is -0.0149. The summed E-state index contributed by atoms with van der Waals surface area (Å²) < 4.78 is 5.88. The average molecular weight is 439 g/mol. The molecule has 2 aromatic rings. The molecule has 2 aromatic carbocycles. The SMILES string of the molecule is CCNC(=NCc1cccc(COC(C)(C)C)c1)NCCc1cccc(C(=O)N(C)C)c1. The molecule has 0 atom stereocenters. The van der Waals surface area contributed by atoms with Crippen molar-refractivity contribution in [1.82, 2.24) is 15.5 Å². The fourth-order valence-electron chi connectivity index (χ4n) is 3.07. The fraction of sp³-hybridized carbons (Fsp3) is 0.462. The van der Waals surface area contributed by atoms with Crippen LogP contribution in [0.2, 0.25) is 0 Å². The third kappa shape index (κ3) is 9.10. The van der Waals surface area contributed by atoms with E-state index in [-0.39, 0.29) is 11.5 Å². The maximum absolute atomic E-state index is 12.2. The molecule has 0 aliphatic rings. The first kappa shape index (κ1) is 25.4. The number of nitrogens with zero attached hydrogens (tertiary/aromatic N) is 2. The Morgan fingerprint density at radius 2 is 1.69 bits per heavy atom. The van der Waals surface area contributed by atoms with Crippen LogP contribution < -0.4 is 10.6 Å². The Hall–Kier alpha value is -2.86. The summed E-state index contributed by atoms with van der Waals surface area (Å²) in [6.45, 7) is 10.9. The first-order valence-corrected chi connectivity index (χ1v) is 11.2. The number of guanidine groups is 1. The Labute approximate surface area is 193 Å². The van der Waals surface area contributed by atoms with Gasteiger partial charge in [-0.1, -0.05) is 36.4 Å². The van der Waals surface area contributed by atoms with Crippen LogP contribution in [0, 0.1) is 0 Å². The van der Waals surface area contributed by atoms with Crippen molar-refractivity contribution < 1.29 is 9.53 Å². The van der Waals surface area contributed by atoms with Gasteiger partial charge in [0.2, 0.25) is 0 Å². The van der Waals surface area contributed by atoms with Crippen molar-refractivity contribution in [2.24, 2.45) is 4.99 Å². The van der Waals surface area contributed by atoms with E-state index in [1.807, 2.05) is 24.3 Å². The number of hydrogen-bond acceptors (Lipinski definition) is 3. The van der Waals surface area contributed by atoms with Crippen molar-refractivity contribution in [3.63, 3.8) is 0 Å². The first-order valence-electron chi connectivity index (χ1n) is 11.2. The molecule has 0 radical (unpaired) electrons. The molecule has 0 bridgehead atoms. The summed E-state index contributed by atoms with van der Waals surface area (Å²) in [5.74, 6) is 0.800. The molecule has 174 valence electrons. The van der Waals surface area contributed by atoms with Gasteiger partial charge in [-0.3, -0.25) is 4.79 Å². The second-order valence-electron chi connectivity index (χ2n) is 8.99. The third-order valence-electron chi connectivity index (χ3n) is 4.71. The fourth-order valence-corrected chi connectivity index (χ4v) is 3.07. The van der Waals surface area contributed by atoms with Crippen LogP contribution in [0.4, 0.5) is 0 Å². The molecule has 2 rings (SSSR count). The number of nitrogens with one attached hydrogen (secondary N) is 2. The van der Waals surface area contributed by atoms with Gasteiger partial charge in [0.05, 0.1) is 18.8 Å². The molecule has 6 heteroatoms. The minimum Gasteiger partial charge on any atom is -0.371 e. The summed E-state index contributed by atoms with van der Waals surface area (Å²) >= 11 is 0. The van der Waals surface area contributed by atoms with Gasteiger partial charge in [0.25, 0.3) is 5.91 Å². The molecule has 1 amide bonds. The van der Waals surface area contributed by atoms with Gasteiger partial charge in [-0.15, -0.1) is 0 Å². The largest absolute Gasteiger partial charge is 0.371 e. The molecule has 0 unspecified atom stereocenters. The number of hydrogen-bond donors (Lipinski definition) is 2. The summed E-state index contributed by atoms with van der Waals surface area (Å²) in [5.41, 5.74) is 3.97. The second kappa shape index (κ2) is 12.2. The summed E-state index contributed by atoms with van der Waals surface area (Å²) in [6.07, 6.45) is 0.804. The predicted octanol–water partition coefficient (Wildman–Crippen LogP) is 4.00. The Kier molecular flexibility index (Phi) is 9.72. The van der Waals surface area contributed by atoms with Crippen molar-refractivity contribution >= 4 is 11.9 Å². The molecule has 0 heterocycles. The standard InChI is InChI=1S/C26H38N4O2/c1-7-27-25(28-15-14-20-10-9-13-23(17-20)24(31)30(5)6)29-18-21-11-8-12-22(16-21)19-32-26(2,3)4/h8-13,16-17H,7,14-15,18-19H2,1-6H3,(H2,27,28,29). The molecule has 0 spiro atoms. The number of ether oxygens (including phenoxy) is 1. The highest BCUT2D eigenvalue weighted by molar-refractivity contribution is 5.94. The number of aliphatic imine (C=N–C) groups is 1. The number of benzene rings is 2. The van der Waals surface area contributed by atoms with Gasteiger partial charge < -0.3 is 20.3 Å². The van der Waals surface area contributed by atoms with Crippen LogP contribution in [0.25, 0.3) is 0 Å². The van der Waals surface area contributed by atoms with E-state index < -0.39 is 0 Å². The van der Waals surface area contributed by atoms with Crippen molar-refractivity contribution in [2.75, 3.05) is 27.2 Å². The maximum atomic E-state index is 12.2. The summed E-state index contributed by atoms with van der Waals surface area (Å²) in [4.78, 5) is 18.5. The van der Waals surface area contributed by atoms with E-state index in [1.165, 1.54) is 0 Å². The lowest BCUT2D eigenvalue weighted by Gasteiger charge is -2.19. The highest BCUT2D eigenvalue weighted by atomic mass is 16.5. The Bertz CT molecular complexity index is 901. The van der Waals surface area contributed by atoms with Gasteiger partial charge >= 0.3 is 0 Å². The summed E-state index contributed by atoms with van der Waals surface area (Å²) in [5, 5.41) is 6.69. The second-order valence-corrected chi connectivity index (χ2v) is 8.99. The number of rotatable bonds is 9. The van der Waals surface area contributed by atoms with Gasteiger partial charge in [-0.2, -0.15) is 0 Å². The van der Waals surface area contributed by atoms with Gasteiger partial charge in [0, 0.05) is 32.7 Å². The molecule has 0 saturated carbocycles. The molecule has 0 fully saturated rings. The monoisotopic (exact) mass is 438 g/mol. The van der Waals surface area contributed by atoms with Gasteiger partial charge in [-0.25, -0.2) is 4.99 Å². The van der Waals surface area contributed by atoms with Crippen LogP contribution in [0.15, 0.2) is 53.5 Å². The topological polar surface area (TPSA) is 66.0 Å². The highest BCUT2D eigenvalue weighted by Crippen LogP contribution is 2.13. The number of carbonyl (C=O) groups is 1. The molecule has 2 N–H and O–H groups in total. The highest BCUT2D eigenvalue weighted by Gasteiger charge is 2.10. The van der Waals surface area contributed by atoms with E-state index in [1.54, 1.807) is 19.0 Å². The molecule has 0 aliphatic heterocycles. The number of carbonyl (C=O) groups excluding carboxylic acids is 1. The van der Waals surface area contributed by atoms with E-state index in [4.69, 9.17) is 9.73 Å². The van der Waals surface area contributed by atoms with E-state index in [0.29, 0.717) is 18.7 Å². The van der Waals surface area contributed by atoms with Crippen molar-refractivity contribution in [1.29, 1.82) is 0 Å². The van der Waals surface area contributed by atoms with Crippen LogP contribution in [0.1, 0.15) is 54.7 Å². The van der Waals surface area contributed by atoms with Gasteiger partial charge in [0.15, 0.2) is 5.96 Å².